The van der Waals surface area contributed by atoms with Gasteiger partial charge in [-0.05, 0) is 67.1 Å². The lowest BCUT2D eigenvalue weighted by molar-refractivity contribution is 0.0247. The van der Waals surface area contributed by atoms with Crippen molar-refractivity contribution in [1.82, 2.24) is 0 Å². The van der Waals surface area contributed by atoms with Gasteiger partial charge < -0.3 is 5.11 Å². The Balaban J connectivity index is 1.72. The van der Waals surface area contributed by atoms with Crippen LogP contribution in [0.5, 0.6) is 0 Å². The molecule has 3 aliphatic carbocycles. The summed E-state index contributed by atoms with van der Waals surface area (Å²) in [6.45, 7) is 7.44. The molecular weight excluding hydrogens is 208 g/mol. The summed E-state index contributed by atoms with van der Waals surface area (Å²) >= 11 is 0. The first-order chi connectivity index (χ1) is 8.00. The molecule has 1 nitrogen and oxygen atoms in total. The van der Waals surface area contributed by atoms with Gasteiger partial charge in [0.05, 0.1) is 6.10 Å². The van der Waals surface area contributed by atoms with Crippen LogP contribution >= 0.6 is 0 Å². The van der Waals surface area contributed by atoms with Gasteiger partial charge in [0.25, 0.3) is 0 Å². The normalized spacial score (nSPS) is 52.9. The Morgan fingerprint density at radius 3 is 2.29 bits per heavy atom. The second kappa shape index (κ2) is 3.98. The Morgan fingerprint density at radius 1 is 1.00 bits per heavy atom. The van der Waals surface area contributed by atoms with Crippen molar-refractivity contribution in [2.24, 2.45) is 35.0 Å². The zero-order valence-corrected chi connectivity index (χ0v) is 11.7. The fraction of sp³-hybridized carbons (Fsp3) is 1.00. The highest BCUT2D eigenvalue weighted by atomic mass is 16.3. The second-order valence-electron chi connectivity index (χ2n) is 7.69. The Labute approximate surface area is 106 Å². The van der Waals surface area contributed by atoms with E-state index in [2.05, 4.69) is 20.8 Å². The molecule has 0 saturated heterocycles. The van der Waals surface area contributed by atoms with Gasteiger partial charge in [-0.2, -0.15) is 0 Å². The predicted octanol–water partition coefficient (Wildman–Crippen LogP) is 3.86. The molecule has 6 atom stereocenters. The van der Waals surface area contributed by atoms with Gasteiger partial charge in [-0.1, -0.05) is 27.2 Å². The van der Waals surface area contributed by atoms with Crippen LogP contribution in [-0.2, 0) is 0 Å². The monoisotopic (exact) mass is 236 g/mol. The summed E-state index contributed by atoms with van der Waals surface area (Å²) in [6, 6.07) is 0. The molecule has 2 unspecified atom stereocenters. The maximum absolute atomic E-state index is 9.88. The average molecular weight is 236 g/mol. The summed E-state index contributed by atoms with van der Waals surface area (Å²) in [7, 11) is 0. The Hall–Kier alpha value is -0.0400. The van der Waals surface area contributed by atoms with Crippen molar-refractivity contribution in [3.8, 4) is 0 Å². The summed E-state index contributed by atoms with van der Waals surface area (Å²) in [6.07, 6.45) is 7.75. The fourth-order valence-electron chi connectivity index (χ4n) is 5.34. The van der Waals surface area contributed by atoms with Crippen LogP contribution in [-0.4, -0.2) is 11.2 Å². The number of hydrogen-bond donors (Lipinski definition) is 1. The molecule has 3 rings (SSSR count). The molecule has 0 aromatic heterocycles. The van der Waals surface area contributed by atoms with E-state index in [1.54, 1.807) is 0 Å². The Kier molecular flexibility index (Phi) is 2.81. The number of hydrogen-bond acceptors (Lipinski definition) is 1. The highest BCUT2D eigenvalue weighted by Gasteiger charge is 2.56. The van der Waals surface area contributed by atoms with Gasteiger partial charge in [0.1, 0.15) is 0 Å². The van der Waals surface area contributed by atoms with Crippen LogP contribution in [0, 0.1) is 35.0 Å². The van der Waals surface area contributed by atoms with Gasteiger partial charge in [0.15, 0.2) is 0 Å². The molecule has 1 N–H and O–H groups in total. The lowest BCUT2D eigenvalue weighted by Crippen LogP contribution is -2.37. The second-order valence-corrected chi connectivity index (χ2v) is 7.69. The molecule has 17 heavy (non-hydrogen) atoms. The van der Waals surface area contributed by atoms with Crippen LogP contribution < -0.4 is 0 Å². The van der Waals surface area contributed by atoms with E-state index in [1.807, 2.05) is 0 Å². The minimum Gasteiger partial charge on any atom is -0.393 e. The molecule has 3 fully saturated rings. The third-order valence-electron chi connectivity index (χ3n) is 6.82. The summed E-state index contributed by atoms with van der Waals surface area (Å²) in [5.74, 6) is 4.60. The lowest BCUT2D eigenvalue weighted by atomic mass is 9.62. The molecule has 2 bridgehead atoms. The zero-order valence-electron chi connectivity index (χ0n) is 11.7. The van der Waals surface area contributed by atoms with Crippen molar-refractivity contribution < 1.29 is 5.11 Å². The quantitative estimate of drug-likeness (QED) is 0.733. The molecule has 0 radical (unpaired) electrons. The summed E-state index contributed by atoms with van der Waals surface area (Å²) in [5, 5.41) is 9.88. The van der Waals surface area contributed by atoms with Crippen LogP contribution in [0.15, 0.2) is 0 Å². The smallest absolute Gasteiger partial charge is 0.0543 e. The third-order valence-corrected chi connectivity index (χ3v) is 6.82. The maximum atomic E-state index is 9.88. The van der Waals surface area contributed by atoms with Gasteiger partial charge in [-0.3, -0.25) is 0 Å². The van der Waals surface area contributed by atoms with Crippen LogP contribution in [0.25, 0.3) is 0 Å². The average Bonchev–Trinajstić information content (AvgIpc) is 2.79. The molecule has 98 valence electrons. The largest absolute Gasteiger partial charge is 0.393 e. The zero-order chi connectivity index (χ0) is 12.2. The van der Waals surface area contributed by atoms with Crippen LogP contribution in [0.2, 0.25) is 0 Å². The van der Waals surface area contributed by atoms with E-state index >= 15 is 0 Å². The molecule has 1 heteroatoms. The van der Waals surface area contributed by atoms with E-state index in [0.717, 1.165) is 42.4 Å². The highest BCUT2D eigenvalue weighted by molar-refractivity contribution is 5.05. The lowest BCUT2D eigenvalue weighted by Gasteiger charge is -2.44. The van der Waals surface area contributed by atoms with Crippen molar-refractivity contribution in [3.63, 3.8) is 0 Å². The third kappa shape index (κ3) is 1.77. The van der Waals surface area contributed by atoms with Crippen molar-refractivity contribution in [1.29, 1.82) is 0 Å². The van der Waals surface area contributed by atoms with Crippen molar-refractivity contribution in [3.05, 3.63) is 0 Å². The van der Waals surface area contributed by atoms with Crippen LogP contribution in [0.1, 0.15) is 59.3 Å². The number of aliphatic hydroxyl groups excluding tert-OH is 1. The van der Waals surface area contributed by atoms with E-state index in [-0.39, 0.29) is 6.10 Å². The maximum Gasteiger partial charge on any atom is 0.0543 e. The Bertz CT molecular complexity index is 292. The highest BCUT2D eigenvalue weighted by Crippen LogP contribution is 2.63. The summed E-state index contributed by atoms with van der Waals surface area (Å²) in [4.78, 5) is 0. The van der Waals surface area contributed by atoms with Crippen molar-refractivity contribution in [2.45, 2.75) is 65.4 Å². The van der Waals surface area contributed by atoms with E-state index in [9.17, 15) is 5.11 Å². The van der Waals surface area contributed by atoms with Crippen LogP contribution in [0.4, 0.5) is 0 Å². The first-order valence-corrected chi connectivity index (χ1v) is 7.68. The molecule has 0 aliphatic heterocycles. The predicted molar refractivity (Wildman–Crippen MR) is 70.6 cm³/mol. The molecule has 0 aromatic carbocycles. The molecule has 3 saturated carbocycles. The number of fused-ring (bicyclic) bond motifs is 2. The molecule has 0 aromatic rings. The number of aliphatic hydroxyl groups is 1. The van der Waals surface area contributed by atoms with Gasteiger partial charge in [0, 0.05) is 0 Å². The SMILES string of the molecule is CC1[C@@H]2C[C@@H](CC2[C@H]2CCC[C@H](O)C2)C1(C)C. The minimum atomic E-state index is 0.0104. The number of rotatable bonds is 1. The molecule has 0 spiro atoms. The van der Waals surface area contributed by atoms with Crippen molar-refractivity contribution >= 4 is 0 Å². The van der Waals surface area contributed by atoms with E-state index in [1.165, 1.54) is 25.7 Å². The summed E-state index contributed by atoms with van der Waals surface area (Å²) < 4.78 is 0. The molecule has 3 aliphatic rings. The van der Waals surface area contributed by atoms with E-state index < -0.39 is 0 Å². The molecule has 0 heterocycles. The Morgan fingerprint density at radius 2 is 1.71 bits per heavy atom. The van der Waals surface area contributed by atoms with Crippen molar-refractivity contribution in [2.75, 3.05) is 0 Å². The fourth-order valence-corrected chi connectivity index (χ4v) is 5.34. The molecular formula is C16H28O. The standard InChI is InChI=1S/C16H28O/c1-10-14-8-12(16(10,2)3)9-15(14)11-5-4-6-13(17)7-11/h10-15,17H,4-9H2,1-3H3/t10?,11-,12-,13-,14-,15?/m0/s1. The first-order valence-electron chi connectivity index (χ1n) is 7.68. The summed E-state index contributed by atoms with van der Waals surface area (Å²) in [5.41, 5.74) is 0.578. The van der Waals surface area contributed by atoms with Gasteiger partial charge in [-0.25, -0.2) is 0 Å². The molecule has 0 amide bonds. The van der Waals surface area contributed by atoms with Crippen LogP contribution in [0.3, 0.4) is 0 Å². The van der Waals surface area contributed by atoms with E-state index in [4.69, 9.17) is 0 Å². The topological polar surface area (TPSA) is 20.2 Å². The van der Waals surface area contributed by atoms with Gasteiger partial charge in [0.2, 0.25) is 0 Å². The van der Waals surface area contributed by atoms with Gasteiger partial charge in [-0.15, -0.1) is 0 Å². The van der Waals surface area contributed by atoms with E-state index in [0.29, 0.717) is 5.41 Å². The van der Waals surface area contributed by atoms with Gasteiger partial charge >= 0.3 is 0 Å². The first kappa shape index (κ1) is 12.0. The minimum absolute atomic E-state index is 0.0104.